The highest BCUT2D eigenvalue weighted by Crippen LogP contribution is 2.25. The van der Waals surface area contributed by atoms with Crippen molar-refractivity contribution in [3.8, 4) is 5.88 Å². The van der Waals surface area contributed by atoms with E-state index in [0.717, 1.165) is 16.9 Å². The predicted molar refractivity (Wildman–Crippen MR) is 139 cm³/mol. The quantitative estimate of drug-likeness (QED) is 0.171. The first-order chi connectivity index (χ1) is 17.8. The lowest BCUT2D eigenvalue weighted by Gasteiger charge is -2.12. The Kier molecular flexibility index (Phi) is 7.86. The minimum Gasteiger partial charge on any atom is -0.470 e. The summed E-state index contributed by atoms with van der Waals surface area (Å²) in [6.45, 7) is 0.181. The molecule has 0 radical (unpaired) electrons. The van der Waals surface area contributed by atoms with Gasteiger partial charge in [-0.05, 0) is 42.0 Å². The van der Waals surface area contributed by atoms with Crippen LogP contribution in [0.4, 0.5) is 16.5 Å². The van der Waals surface area contributed by atoms with Gasteiger partial charge in [-0.1, -0.05) is 41.7 Å². The monoisotopic (exact) mass is 537 g/mol. The average molecular weight is 538 g/mol. The highest BCUT2D eigenvalue weighted by Gasteiger charge is 2.18. The molecule has 11 nitrogen and oxygen atoms in total. The van der Waals surface area contributed by atoms with Crippen molar-refractivity contribution in [3.63, 3.8) is 0 Å². The second-order valence-electron chi connectivity index (χ2n) is 7.37. The first-order valence-electron chi connectivity index (χ1n) is 10.6. The third-order valence-electron chi connectivity index (χ3n) is 4.74. The van der Waals surface area contributed by atoms with Gasteiger partial charge in [-0.2, -0.15) is 0 Å². The maximum atomic E-state index is 12.9. The van der Waals surface area contributed by atoms with Gasteiger partial charge in [0.25, 0.3) is 15.9 Å². The number of carbonyl (C=O) groups excluding carboxylic acids is 1. The summed E-state index contributed by atoms with van der Waals surface area (Å²) in [5.41, 5.74) is 1.24. The number of sulfonamides is 1. The minimum atomic E-state index is -4.03. The molecule has 0 aliphatic carbocycles. The van der Waals surface area contributed by atoms with Crippen LogP contribution in [0.1, 0.15) is 10.4 Å². The van der Waals surface area contributed by atoms with Gasteiger partial charge in [0.2, 0.25) is 11.7 Å². The van der Waals surface area contributed by atoms with Crippen LogP contribution in [0.2, 0.25) is 0 Å². The first-order valence-corrected chi connectivity index (χ1v) is 12.9. The van der Waals surface area contributed by atoms with Gasteiger partial charge in [0.05, 0.1) is 9.82 Å². The summed E-state index contributed by atoms with van der Waals surface area (Å²) in [6.07, 6.45) is 5.42. The number of benzene rings is 2. The standard InChI is InChI=1S/C24H19N5O6S2/c30-21(12-8-19-9-13-22(36-19)29(31)32)27-18-6-10-20(11-7-18)37(33,34)28-23-24(26-15-14-25-23)35-16-17-4-2-1-3-5-17/h1-15H,16H2,(H,25,28)(H,27,30)/b12-8+. The van der Waals surface area contributed by atoms with Crippen LogP contribution < -0.4 is 14.8 Å². The topological polar surface area (TPSA) is 153 Å². The van der Waals surface area contributed by atoms with E-state index in [1.54, 1.807) is 0 Å². The van der Waals surface area contributed by atoms with E-state index in [9.17, 15) is 23.3 Å². The van der Waals surface area contributed by atoms with Crippen LogP contribution in [0.5, 0.6) is 5.88 Å². The Hall–Kier alpha value is -4.62. The molecule has 0 spiro atoms. The Morgan fingerprint density at radius 1 is 1.03 bits per heavy atom. The van der Waals surface area contributed by atoms with E-state index >= 15 is 0 Å². The van der Waals surface area contributed by atoms with E-state index in [4.69, 9.17) is 4.74 Å². The predicted octanol–water partition coefficient (Wildman–Crippen LogP) is 4.48. The molecule has 0 saturated carbocycles. The number of carbonyl (C=O) groups is 1. The second-order valence-corrected chi connectivity index (χ2v) is 10.1. The molecule has 2 heterocycles. The molecule has 13 heteroatoms. The molecule has 0 aliphatic rings. The number of thiophene rings is 1. The molecule has 2 N–H and O–H groups in total. The van der Waals surface area contributed by atoms with E-state index in [1.807, 2.05) is 30.3 Å². The first kappa shape index (κ1) is 25.5. The fourth-order valence-electron chi connectivity index (χ4n) is 3.00. The summed E-state index contributed by atoms with van der Waals surface area (Å²) in [4.78, 5) is 31.0. The molecule has 1 amide bonds. The van der Waals surface area contributed by atoms with Gasteiger partial charge >= 0.3 is 5.00 Å². The summed E-state index contributed by atoms with van der Waals surface area (Å²) in [5.74, 6) is -0.513. The highest BCUT2D eigenvalue weighted by molar-refractivity contribution is 7.92. The summed E-state index contributed by atoms with van der Waals surface area (Å²) in [5, 5.41) is 13.3. The van der Waals surface area contributed by atoms with Gasteiger partial charge in [-0.15, -0.1) is 0 Å². The van der Waals surface area contributed by atoms with Crippen molar-refractivity contribution in [1.29, 1.82) is 0 Å². The van der Waals surface area contributed by atoms with Crippen LogP contribution in [0.3, 0.4) is 0 Å². The van der Waals surface area contributed by atoms with Crippen molar-refractivity contribution in [1.82, 2.24) is 9.97 Å². The molecule has 0 unspecified atom stereocenters. The zero-order chi connectivity index (χ0) is 26.3. The molecular weight excluding hydrogens is 518 g/mol. The number of ether oxygens (including phenoxy) is 1. The number of nitrogens with one attached hydrogen (secondary N) is 2. The van der Waals surface area contributed by atoms with E-state index in [1.165, 1.54) is 60.9 Å². The van der Waals surface area contributed by atoms with E-state index < -0.39 is 20.9 Å². The number of nitrogens with zero attached hydrogens (tertiary/aromatic N) is 3. The van der Waals surface area contributed by atoms with E-state index in [0.29, 0.717) is 10.6 Å². The van der Waals surface area contributed by atoms with Crippen molar-refractivity contribution in [2.45, 2.75) is 11.5 Å². The Morgan fingerprint density at radius 2 is 1.76 bits per heavy atom. The molecule has 0 aliphatic heterocycles. The summed E-state index contributed by atoms with van der Waals surface area (Å²) < 4.78 is 33.8. The van der Waals surface area contributed by atoms with Crippen molar-refractivity contribution in [2.24, 2.45) is 0 Å². The average Bonchev–Trinajstić information content (AvgIpc) is 3.37. The zero-order valence-corrected chi connectivity index (χ0v) is 20.6. The molecule has 2 aromatic carbocycles. The van der Waals surface area contributed by atoms with Gasteiger partial charge in [-0.3, -0.25) is 19.6 Å². The fraction of sp³-hybridized carbons (Fsp3) is 0.0417. The lowest BCUT2D eigenvalue weighted by atomic mass is 10.2. The van der Waals surface area contributed by atoms with Crippen molar-refractivity contribution in [3.05, 3.63) is 106 Å². The fourth-order valence-corrected chi connectivity index (χ4v) is 4.73. The van der Waals surface area contributed by atoms with Gasteiger partial charge in [0.1, 0.15) is 6.61 Å². The molecule has 188 valence electrons. The Morgan fingerprint density at radius 3 is 2.46 bits per heavy atom. The molecule has 0 atom stereocenters. The smallest absolute Gasteiger partial charge is 0.324 e. The molecule has 0 bridgehead atoms. The van der Waals surface area contributed by atoms with E-state index in [-0.39, 0.29) is 28.2 Å². The maximum Gasteiger partial charge on any atom is 0.324 e. The number of rotatable bonds is 10. The highest BCUT2D eigenvalue weighted by atomic mass is 32.2. The van der Waals surface area contributed by atoms with Gasteiger partial charge < -0.3 is 10.1 Å². The zero-order valence-electron chi connectivity index (χ0n) is 19.0. The Labute approximate surface area is 215 Å². The minimum absolute atomic E-state index is 0.0261. The van der Waals surface area contributed by atoms with Gasteiger partial charge in [0, 0.05) is 35.1 Å². The van der Waals surface area contributed by atoms with Crippen LogP contribution in [-0.2, 0) is 21.4 Å². The molecule has 0 saturated heterocycles. The second kappa shape index (κ2) is 11.4. The maximum absolute atomic E-state index is 12.9. The number of nitro groups is 1. The van der Waals surface area contributed by atoms with Crippen molar-refractivity contribution in [2.75, 3.05) is 10.0 Å². The summed E-state index contributed by atoms with van der Waals surface area (Å²) in [6, 6.07) is 17.7. The lowest BCUT2D eigenvalue weighted by Crippen LogP contribution is -2.15. The molecule has 0 fully saturated rings. The SMILES string of the molecule is O=C(/C=C/c1ccc([N+](=O)[O-])s1)Nc1ccc(S(=O)(=O)Nc2nccnc2OCc2ccccc2)cc1. The van der Waals surface area contributed by atoms with Gasteiger partial charge in [0.15, 0.2) is 0 Å². The van der Waals surface area contributed by atoms with Crippen LogP contribution >= 0.6 is 11.3 Å². The number of hydrogen-bond donors (Lipinski definition) is 2. The molecular formula is C24H19N5O6S2. The third-order valence-corrected chi connectivity index (χ3v) is 7.09. The van der Waals surface area contributed by atoms with Crippen LogP contribution in [0, 0.1) is 10.1 Å². The number of hydrogen-bond acceptors (Lipinski definition) is 9. The normalized spacial score (nSPS) is 11.2. The van der Waals surface area contributed by atoms with Crippen LogP contribution in [0.15, 0.2) is 90.1 Å². The molecule has 2 aromatic heterocycles. The third kappa shape index (κ3) is 6.96. The number of amides is 1. The van der Waals surface area contributed by atoms with Crippen molar-refractivity contribution >= 4 is 49.8 Å². The Balaban J connectivity index is 1.39. The number of aromatic nitrogens is 2. The van der Waals surface area contributed by atoms with E-state index in [2.05, 4.69) is 20.0 Å². The molecule has 37 heavy (non-hydrogen) atoms. The summed E-state index contributed by atoms with van der Waals surface area (Å²) in [7, 11) is -4.03. The van der Waals surface area contributed by atoms with Gasteiger partial charge in [-0.25, -0.2) is 18.4 Å². The Bertz CT molecular complexity index is 1540. The number of anilines is 2. The van der Waals surface area contributed by atoms with Crippen molar-refractivity contribution < 1.29 is 22.9 Å². The van der Waals surface area contributed by atoms with Crippen LogP contribution in [0.25, 0.3) is 6.08 Å². The summed E-state index contributed by atoms with van der Waals surface area (Å²) >= 11 is 0.939. The molecule has 4 rings (SSSR count). The molecule has 4 aromatic rings. The lowest BCUT2D eigenvalue weighted by molar-refractivity contribution is -0.380. The largest absolute Gasteiger partial charge is 0.470 e. The van der Waals surface area contributed by atoms with Crippen LogP contribution in [-0.4, -0.2) is 29.2 Å².